The predicted octanol–water partition coefficient (Wildman–Crippen LogP) is 2.24. The van der Waals surface area contributed by atoms with Crippen LogP contribution in [0.25, 0.3) is 0 Å². The molecule has 6 heteroatoms. The van der Waals surface area contributed by atoms with Gasteiger partial charge < -0.3 is 14.8 Å². The number of aromatic nitrogens is 2. The first-order valence-electron chi connectivity index (χ1n) is 6.63. The molecule has 1 N–H and O–H groups in total. The molecule has 0 saturated carbocycles. The molecule has 112 valence electrons. The van der Waals surface area contributed by atoms with Gasteiger partial charge in [-0.3, -0.25) is 9.48 Å². The van der Waals surface area contributed by atoms with Crippen LogP contribution in [0.4, 0.5) is 5.69 Å². The van der Waals surface area contributed by atoms with E-state index in [1.165, 1.54) is 0 Å². The van der Waals surface area contributed by atoms with Gasteiger partial charge in [-0.2, -0.15) is 5.10 Å². The normalized spacial score (nSPS) is 10.2. The van der Waals surface area contributed by atoms with E-state index >= 15 is 0 Å². The summed E-state index contributed by atoms with van der Waals surface area (Å²) in [4.78, 5) is 12.0. The van der Waals surface area contributed by atoms with Crippen LogP contribution >= 0.6 is 0 Å². The van der Waals surface area contributed by atoms with Crippen LogP contribution in [0.2, 0.25) is 0 Å². The summed E-state index contributed by atoms with van der Waals surface area (Å²) in [6.45, 7) is 2.46. The molecule has 0 bridgehead atoms. The maximum Gasteiger partial charge on any atom is 0.226 e. The number of hydrogen-bond donors (Lipinski definition) is 1. The molecule has 0 aliphatic carbocycles. The number of benzene rings is 1. The second kappa shape index (κ2) is 6.78. The van der Waals surface area contributed by atoms with Gasteiger partial charge in [-0.25, -0.2) is 0 Å². The molecule has 1 aromatic heterocycles. The molecule has 0 aliphatic rings. The van der Waals surface area contributed by atoms with Crippen molar-refractivity contribution in [1.29, 1.82) is 0 Å². The molecule has 1 aromatic carbocycles. The number of nitrogens with one attached hydrogen (secondary N) is 1. The standard InChI is InChI=1S/C15H19N3O3/c1-11-4-6-18(17-11)7-5-15(19)16-12-8-13(20-2)10-14(9-12)21-3/h4,6,8-10H,5,7H2,1-3H3,(H,16,19). The van der Waals surface area contributed by atoms with Crippen LogP contribution in [0.5, 0.6) is 11.5 Å². The van der Waals surface area contributed by atoms with Crippen LogP contribution in [-0.2, 0) is 11.3 Å². The molecule has 0 aliphatic heterocycles. The van der Waals surface area contributed by atoms with Crippen molar-refractivity contribution in [1.82, 2.24) is 9.78 Å². The largest absolute Gasteiger partial charge is 0.497 e. The molecule has 2 aromatic rings. The van der Waals surface area contributed by atoms with E-state index in [4.69, 9.17) is 9.47 Å². The highest BCUT2D eigenvalue weighted by Crippen LogP contribution is 2.25. The molecule has 1 heterocycles. The fourth-order valence-electron chi connectivity index (χ4n) is 1.91. The summed E-state index contributed by atoms with van der Waals surface area (Å²) in [5, 5.41) is 7.07. The van der Waals surface area contributed by atoms with Gasteiger partial charge in [0.2, 0.25) is 5.91 Å². The lowest BCUT2D eigenvalue weighted by Crippen LogP contribution is -2.15. The average molecular weight is 289 g/mol. The summed E-state index contributed by atoms with van der Waals surface area (Å²) in [6.07, 6.45) is 2.21. The Balaban J connectivity index is 1.95. The number of carbonyl (C=O) groups excluding carboxylic acids is 1. The number of amides is 1. The summed E-state index contributed by atoms with van der Waals surface area (Å²) in [5.74, 6) is 1.18. The number of rotatable bonds is 6. The number of nitrogens with zero attached hydrogens (tertiary/aromatic N) is 2. The Kier molecular flexibility index (Phi) is 4.81. The number of methoxy groups -OCH3 is 2. The van der Waals surface area contributed by atoms with E-state index < -0.39 is 0 Å². The molecule has 0 atom stereocenters. The molecule has 0 fully saturated rings. The van der Waals surface area contributed by atoms with Crippen LogP contribution in [0.3, 0.4) is 0 Å². The zero-order valence-corrected chi connectivity index (χ0v) is 12.4. The first-order chi connectivity index (χ1) is 10.1. The van der Waals surface area contributed by atoms with Crippen LogP contribution in [0.15, 0.2) is 30.5 Å². The highest BCUT2D eigenvalue weighted by molar-refractivity contribution is 5.91. The van der Waals surface area contributed by atoms with Crippen molar-refractivity contribution in [3.8, 4) is 11.5 Å². The fraction of sp³-hybridized carbons (Fsp3) is 0.333. The summed E-state index contributed by atoms with van der Waals surface area (Å²) < 4.78 is 12.1. The Morgan fingerprint density at radius 1 is 1.24 bits per heavy atom. The zero-order chi connectivity index (χ0) is 15.2. The van der Waals surface area contributed by atoms with Gasteiger partial charge in [-0.05, 0) is 13.0 Å². The van der Waals surface area contributed by atoms with Gasteiger partial charge in [0.15, 0.2) is 0 Å². The van der Waals surface area contributed by atoms with Gasteiger partial charge in [-0.1, -0.05) is 0 Å². The van der Waals surface area contributed by atoms with Crippen LogP contribution < -0.4 is 14.8 Å². The second-order valence-corrected chi connectivity index (χ2v) is 4.62. The Morgan fingerprint density at radius 2 is 1.90 bits per heavy atom. The first-order valence-corrected chi connectivity index (χ1v) is 6.63. The molecular weight excluding hydrogens is 270 g/mol. The monoisotopic (exact) mass is 289 g/mol. The summed E-state index contributed by atoms with van der Waals surface area (Å²) in [5.41, 5.74) is 1.58. The van der Waals surface area contributed by atoms with E-state index in [1.807, 2.05) is 19.2 Å². The summed E-state index contributed by atoms with van der Waals surface area (Å²) in [6, 6.07) is 7.16. The SMILES string of the molecule is COc1cc(NC(=O)CCn2ccc(C)n2)cc(OC)c1. The van der Waals surface area contributed by atoms with Crippen molar-refractivity contribution in [2.75, 3.05) is 19.5 Å². The molecule has 1 amide bonds. The third-order valence-corrected chi connectivity index (χ3v) is 2.98. The average Bonchev–Trinajstić information content (AvgIpc) is 2.90. The molecule has 0 radical (unpaired) electrons. The number of ether oxygens (including phenoxy) is 2. The van der Waals surface area contributed by atoms with E-state index in [0.717, 1.165) is 5.69 Å². The molecule has 21 heavy (non-hydrogen) atoms. The molecule has 2 rings (SSSR count). The summed E-state index contributed by atoms with van der Waals surface area (Å²) >= 11 is 0. The molecule has 0 unspecified atom stereocenters. The maximum absolute atomic E-state index is 12.0. The highest BCUT2D eigenvalue weighted by atomic mass is 16.5. The van der Waals surface area contributed by atoms with Gasteiger partial charge in [0.25, 0.3) is 0 Å². The van der Waals surface area contributed by atoms with Gasteiger partial charge in [-0.15, -0.1) is 0 Å². The van der Waals surface area contributed by atoms with Crippen LogP contribution in [0.1, 0.15) is 12.1 Å². The topological polar surface area (TPSA) is 65.4 Å². The summed E-state index contributed by atoms with van der Waals surface area (Å²) in [7, 11) is 3.14. The minimum Gasteiger partial charge on any atom is -0.497 e. The molecular formula is C15H19N3O3. The van der Waals surface area contributed by atoms with Gasteiger partial charge >= 0.3 is 0 Å². The minimum atomic E-state index is -0.0848. The van der Waals surface area contributed by atoms with Gasteiger partial charge in [0.05, 0.1) is 19.9 Å². The van der Waals surface area contributed by atoms with Crippen LogP contribution in [0, 0.1) is 6.92 Å². The molecule has 0 saturated heterocycles. The Hall–Kier alpha value is -2.50. The number of aryl methyl sites for hydroxylation is 2. The lowest BCUT2D eigenvalue weighted by molar-refractivity contribution is -0.116. The smallest absolute Gasteiger partial charge is 0.226 e. The van der Waals surface area contributed by atoms with Gasteiger partial charge in [0, 0.05) is 43.0 Å². The molecule has 0 spiro atoms. The highest BCUT2D eigenvalue weighted by Gasteiger charge is 2.07. The maximum atomic E-state index is 12.0. The third-order valence-electron chi connectivity index (χ3n) is 2.98. The minimum absolute atomic E-state index is 0.0848. The van der Waals surface area contributed by atoms with Crippen molar-refractivity contribution in [2.45, 2.75) is 19.9 Å². The van der Waals surface area contributed by atoms with E-state index in [2.05, 4.69) is 10.4 Å². The third kappa shape index (κ3) is 4.24. The predicted molar refractivity (Wildman–Crippen MR) is 79.8 cm³/mol. The van der Waals surface area contributed by atoms with Crippen molar-refractivity contribution in [3.63, 3.8) is 0 Å². The first kappa shape index (κ1) is 14.9. The van der Waals surface area contributed by atoms with E-state index in [9.17, 15) is 4.79 Å². The fourth-order valence-corrected chi connectivity index (χ4v) is 1.91. The Bertz CT molecular complexity index is 600. The van der Waals surface area contributed by atoms with Crippen molar-refractivity contribution < 1.29 is 14.3 Å². The lowest BCUT2D eigenvalue weighted by Gasteiger charge is -2.10. The van der Waals surface area contributed by atoms with Crippen LogP contribution in [-0.4, -0.2) is 29.9 Å². The van der Waals surface area contributed by atoms with E-state index in [0.29, 0.717) is 30.2 Å². The Morgan fingerprint density at radius 3 is 2.43 bits per heavy atom. The van der Waals surface area contributed by atoms with Gasteiger partial charge in [0.1, 0.15) is 11.5 Å². The van der Waals surface area contributed by atoms with Crippen molar-refractivity contribution in [2.24, 2.45) is 0 Å². The molecule has 6 nitrogen and oxygen atoms in total. The lowest BCUT2D eigenvalue weighted by atomic mass is 10.2. The number of hydrogen-bond acceptors (Lipinski definition) is 4. The second-order valence-electron chi connectivity index (χ2n) is 4.62. The Labute approximate surface area is 123 Å². The van der Waals surface area contributed by atoms with E-state index in [-0.39, 0.29) is 5.91 Å². The zero-order valence-electron chi connectivity index (χ0n) is 12.4. The number of carbonyl (C=O) groups is 1. The quantitative estimate of drug-likeness (QED) is 0.885. The number of anilines is 1. The van der Waals surface area contributed by atoms with Crippen molar-refractivity contribution in [3.05, 3.63) is 36.2 Å². The van der Waals surface area contributed by atoms with E-state index in [1.54, 1.807) is 37.1 Å². The van der Waals surface area contributed by atoms with Crippen molar-refractivity contribution >= 4 is 11.6 Å².